The molecule has 0 aliphatic carbocycles. The Morgan fingerprint density at radius 2 is 0.750 bits per heavy atom. The van der Waals surface area contributed by atoms with Gasteiger partial charge in [0, 0.05) is 40.8 Å². The molecular weight excluding hydrogens is 646 g/mol. The van der Waals surface area contributed by atoms with Crippen molar-refractivity contribution >= 4 is 46.2 Å². The zero-order chi connectivity index (χ0) is 34.5. The summed E-state index contributed by atoms with van der Waals surface area (Å²) in [5, 5.41) is 0. The van der Waals surface area contributed by atoms with Gasteiger partial charge in [0.15, 0.2) is 0 Å². The first kappa shape index (κ1) is 29.2. The van der Waals surface area contributed by atoms with Crippen LogP contribution in [-0.4, -0.2) is 13.4 Å². The molecule has 6 nitrogen and oxygen atoms in total. The van der Waals surface area contributed by atoms with E-state index in [0.717, 1.165) is 89.9 Å². The molecule has 0 aromatic heterocycles. The fourth-order valence-electron chi connectivity index (χ4n) is 8.37. The molecule has 11 rings (SSSR count). The fraction of sp³-hybridized carbons (Fsp3) is 0.0455. The van der Waals surface area contributed by atoms with Crippen LogP contribution >= 0.6 is 0 Å². The number of benzene rings is 7. The molecule has 0 N–H and O–H groups in total. The van der Waals surface area contributed by atoms with E-state index >= 15 is 0 Å². The zero-order valence-corrected chi connectivity index (χ0v) is 28.3. The average molecular weight is 674 g/mol. The second kappa shape index (κ2) is 11.0. The largest absolute Gasteiger partial charge is 0.458 e. The Hall–Kier alpha value is -6.53. The standard InChI is InChI=1S/C44H28B2O6/c1-25-39-43(51-37-23-29(47-27-13-5-3-6-14-27)21-35-41(37)45(39)31-17-9-11-19-33(31)49-35)26(2)44-40(25)46-32-18-10-12-20-34(32)50-36-22-30(24-38(52-44)42(36)46)48-28-15-7-4-8-16-28/h3-24H,1-2H3. The minimum atomic E-state index is -0.133. The van der Waals surface area contributed by atoms with Gasteiger partial charge >= 0.3 is 0 Å². The van der Waals surface area contributed by atoms with Gasteiger partial charge in [0.05, 0.1) is 0 Å². The van der Waals surface area contributed by atoms with Gasteiger partial charge in [0.2, 0.25) is 0 Å². The SMILES string of the molecule is Cc1c2c(c(C)c3c1Oc1cc(Oc4ccccc4)cc4c1B3c1ccccc1O4)B1c3ccccc3Oc3cc(Oc4ccccc4)cc(c31)O2. The zero-order valence-electron chi connectivity index (χ0n) is 28.3. The number of ether oxygens (including phenoxy) is 6. The lowest BCUT2D eigenvalue weighted by Gasteiger charge is -2.39. The second-order valence-electron chi connectivity index (χ2n) is 13.6. The Morgan fingerprint density at radius 3 is 1.19 bits per heavy atom. The van der Waals surface area contributed by atoms with E-state index in [-0.39, 0.29) is 13.4 Å². The molecule has 0 radical (unpaired) electrons. The van der Waals surface area contributed by atoms with Gasteiger partial charge in [-0.2, -0.15) is 0 Å². The molecule has 0 bridgehead atoms. The maximum Gasteiger partial charge on any atom is 0.261 e. The summed E-state index contributed by atoms with van der Waals surface area (Å²) in [5.74, 6) is 8.79. The highest BCUT2D eigenvalue weighted by Gasteiger charge is 2.48. The first-order valence-corrected chi connectivity index (χ1v) is 17.5. The fourth-order valence-corrected chi connectivity index (χ4v) is 8.37. The molecular formula is C44H28B2O6. The van der Waals surface area contributed by atoms with E-state index in [1.807, 2.05) is 109 Å². The summed E-state index contributed by atoms with van der Waals surface area (Å²) in [7, 11) is 0. The molecule has 8 heteroatoms. The van der Waals surface area contributed by atoms with Crippen molar-refractivity contribution < 1.29 is 28.4 Å². The van der Waals surface area contributed by atoms with E-state index in [0.29, 0.717) is 23.0 Å². The number of hydrogen-bond donors (Lipinski definition) is 0. The monoisotopic (exact) mass is 674 g/mol. The minimum Gasteiger partial charge on any atom is -0.458 e. The van der Waals surface area contributed by atoms with Crippen molar-refractivity contribution in [1.82, 2.24) is 0 Å². The molecule has 52 heavy (non-hydrogen) atoms. The maximum absolute atomic E-state index is 6.97. The van der Waals surface area contributed by atoms with Crippen LogP contribution in [0.1, 0.15) is 11.1 Å². The van der Waals surface area contributed by atoms with E-state index in [2.05, 4.69) is 38.1 Å². The molecule has 0 fully saturated rings. The van der Waals surface area contributed by atoms with E-state index in [9.17, 15) is 0 Å². The summed E-state index contributed by atoms with van der Waals surface area (Å²) in [6.45, 7) is 4.03. The molecule has 0 saturated carbocycles. The molecule has 246 valence electrons. The number of para-hydroxylation sites is 4. The van der Waals surface area contributed by atoms with Crippen molar-refractivity contribution in [2.75, 3.05) is 0 Å². The Morgan fingerprint density at radius 1 is 0.365 bits per heavy atom. The van der Waals surface area contributed by atoms with Crippen molar-refractivity contribution in [3.8, 4) is 69.0 Å². The lowest BCUT2D eigenvalue weighted by molar-refractivity contribution is 0.432. The quantitative estimate of drug-likeness (QED) is 0.182. The van der Waals surface area contributed by atoms with E-state index in [1.165, 1.54) is 0 Å². The molecule has 4 aliphatic rings. The third-order valence-corrected chi connectivity index (χ3v) is 10.6. The topological polar surface area (TPSA) is 55.4 Å². The lowest BCUT2D eigenvalue weighted by Crippen LogP contribution is -2.63. The van der Waals surface area contributed by atoms with E-state index < -0.39 is 0 Å². The summed E-state index contributed by atoms with van der Waals surface area (Å²) >= 11 is 0. The van der Waals surface area contributed by atoms with Gasteiger partial charge in [-0.1, -0.05) is 78.4 Å². The van der Waals surface area contributed by atoms with Gasteiger partial charge in [0.1, 0.15) is 69.0 Å². The lowest BCUT2D eigenvalue weighted by atomic mass is 9.30. The van der Waals surface area contributed by atoms with Crippen LogP contribution in [0, 0.1) is 13.8 Å². The molecule has 0 saturated heterocycles. The van der Waals surface area contributed by atoms with E-state index in [1.54, 1.807) is 0 Å². The molecule has 4 heterocycles. The van der Waals surface area contributed by atoms with Crippen molar-refractivity contribution in [2.45, 2.75) is 13.8 Å². The second-order valence-corrected chi connectivity index (χ2v) is 13.6. The average Bonchev–Trinajstić information content (AvgIpc) is 3.17. The molecule has 0 spiro atoms. The maximum atomic E-state index is 6.97. The highest BCUT2D eigenvalue weighted by molar-refractivity contribution is 7.01. The van der Waals surface area contributed by atoms with Crippen LogP contribution in [0.2, 0.25) is 0 Å². The van der Waals surface area contributed by atoms with Crippen molar-refractivity contribution in [3.05, 3.63) is 145 Å². The van der Waals surface area contributed by atoms with Crippen molar-refractivity contribution in [1.29, 1.82) is 0 Å². The third kappa shape index (κ3) is 4.27. The summed E-state index contributed by atoms with van der Waals surface area (Å²) in [4.78, 5) is 0. The molecule has 0 amide bonds. The van der Waals surface area contributed by atoms with Crippen LogP contribution < -0.4 is 61.2 Å². The molecule has 0 atom stereocenters. The van der Waals surface area contributed by atoms with E-state index in [4.69, 9.17) is 28.4 Å². The highest BCUT2D eigenvalue weighted by atomic mass is 16.5. The Bertz CT molecular complexity index is 2450. The van der Waals surface area contributed by atoms with Crippen molar-refractivity contribution in [2.24, 2.45) is 0 Å². The number of rotatable bonds is 4. The van der Waals surface area contributed by atoms with Crippen LogP contribution in [0.15, 0.2) is 133 Å². The van der Waals surface area contributed by atoms with Gasteiger partial charge in [-0.05, 0) is 72.1 Å². The predicted molar refractivity (Wildman–Crippen MR) is 204 cm³/mol. The van der Waals surface area contributed by atoms with Gasteiger partial charge in [-0.15, -0.1) is 0 Å². The van der Waals surface area contributed by atoms with Crippen LogP contribution in [-0.2, 0) is 0 Å². The van der Waals surface area contributed by atoms with Gasteiger partial charge in [-0.3, -0.25) is 0 Å². The third-order valence-electron chi connectivity index (χ3n) is 10.6. The van der Waals surface area contributed by atoms with Crippen LogP contribution in [0.4, 0.5) is 0 Å². The first-order valence-electron chi connectivity index (χ1n) is 17.5. The van der Waals surface area contributed by atoms with Gasteiger partial charge < -0.3 is 28.4 Å². The highest BCUT2D eigenvalue weighted by Crippen LogP contribution is 2.45. The summed E-state index contributed by atoms with van der Waals surface area (Å²) in [6.07, 6.45) is 0. The van der Waals surface area contributed by atoms with Crippen LogP contribution in [0.25, 0.3) is 0 Å². The van der Waals surface area contributed by atoms with Crippen molar-refractivity contribution in [3.63, 3.8) is 0 Å². The first-order chi connectivity index (χ1) is 25.6. The molecule has 7 aromatic carbocycles. The molecule has 4 aliphatic heterocycles. The van der Waals surface area contributed by atoms with Crippen LogP contribution in [0.3, 0.4) is 0 Å². The minimum absolute atomic E-state index is 0.133. The van der Waals surface area contributed by atoms with Gasteiger partial charge in [0.25, 0.3) is 13.4 Å². The Kier molecular flexibility index (Phi) is 6.17. The van der Waals surface area contributed by atoms with Crippen LogP contribution in [0.5, 0.6) is 69.0 Å². The Labute approximate surface area is 301 Å². The molecule has 7 aromatic rings. The summed E-state index contributed by atoms with van der Waals surface area (Å²) < 4.78 is 39.8. The smallest absolute Gasteiger partial charge is 0.261 e. The summed E-state index contributed by atoms with van der Waals surface area (Å²) in [6, 6.07) is 44.0. The van der Waals surface area contributed by atoms with Gasteiger partial charge in [-0.25, -0.2) is 0 Å². The number of fused-ring (bicyclic) bond motifs is 8. The Balaban J connectivity index is 1.13. The molecule has 0 unspecified atom stereocenters. The number of hydrogen-bond acceptors (Lipinski definition) is 6. The summed E-state index contributed by atoms with van der Waals surface area (Å²) in [5.41, 5.74) is 8.41. The normalized spacial score (nSPS) is 13.3. The predicted octanol–water partition coefficient (Wildman–Crippen LogP) is 7.34.